The topological polar surface area (TPSA) is 61.8 Å². The predicted octanol–water partition coefficient (Wildman–Crippen LogP) is 1.99. The van der Waals surface area contributed by atoms with Gasteiger partial charge in [-0.05, 0) is 39.0 Å². The number of likely N-dealkylation sites (tertiary alicyclic amines) is 1. The largest absolute Gasteiger partial charge is 0.450 e. The molecule has 5 nitrogen and oxygen atoms in total. The molecular formula is C15H30N2O3. The van der Waals surface area contributed by atoms with E-state index in [0.29, 0.717) is 12.6 Å². The fourth-order valence-corrected chi connectivity index (χ4v) is 2.85. The van der Waals surface area contributed by atoms with Crippen LogP contribution in [0, 0.1) is 5.92 Å². The maximum absolute atomic E-state index is 11.6. The molecular weight excluding hydrogens is 256 g/mol. The van der Waals surface area contributed by atoms with Crippen LogP contribution in [0.2, 0.25) is 0 Å². The molecule has 1 rings (SSSR count). The number of aliphatic hydroxyl groups is 1. The van der Waals surface area contributed by atoms with Crippen molar-refractivity contribution in [2.45, 2.75) is 65.1 Å². The molecule has 2 N–H and O–H groups in total. The number of carbonyl (C=O) groups excluding carboxylic acids is 1. The van der Waals surface area contributed by atoms with Gasteiger partial charge >= 0.3 is 6.09 Å². The molecule has 1 heterocycles. The van der Waals surface area contributed by atoms with E-state index >= 15 is 0 Å². The monoisotopic (exact) mass is 286 g/mol. The lowest BCUT2D eigenvalue weighted by Crippen LogP contribution is -2.55. The summed E-state index contributed by atoms with van der Waals surface area (Å²) in [5, 5.41) is 13.1. The average molecular weight is 286 g/mol. The standard InChI is InChI=1S/C15H30N2O3/c1-5-11(4)17-9-12(14(18)6-2)8-13(10-17)16-15(19)20-7-3/h11-14,18H,5-10H2,1-4H3,(H,16,19). The van der Waals surface area contributed by atoms with Gasteiger partial charge in [-0.3, -0.25) is 4.90 Å². The third-order valence-electron chi connectivity index (χ3n) is 4.29. The summed E-state index contributed by atoms with van der Waals surface area (Å²) >= 11 is 0. The van der Waals surface area contributed by atoms with E-state index in [-0.39, 0.29) is 24.2 Å². The highest BCUT2D eigenvalue weighted by Gasteiger charge is 2.33. The second kappa shape index (κ2) is 8.47. The Morgan fingerprint density at radius 3 is 2.60 bits per heavy atom. The van der Waals surface area contributed by atoms with Gasteiger partial charge in [-0.2, -0.15) is 0 Å². The Bertz CT molecular complexity index is 281. The van der Waals surface area contributed by atoms with Crippen molar-refractivity contribution in [2.24, 2.45) is 5.92 Å². The smallest absolute Gasteiger partial charge is 0.407 e. The van der Waals surface area contributed by atoms with E-state index in [1.54, 1.807) is 6.92 Å². The lowest BCUT2D eigenvalue weighted by molar-refractivity contribution is 0.0205. The molecule has 1 aliphatic rings. The van der Waals surface area contributed by atoms with Crippen molar-refractivity contribution < 1.29 is 14.6 Å². The Labute approximate surface area is 122 Å². The number of ether oxygens (including phenoxy) is 1. The quantitative estimate of drug-likeness (QED) is 0.784. The molecule has 1 aliphatic heterocycles. The number of carbonyl (C=O) groups is 1. The Hall–Kier alpha value is -0.810. The molecule has 0 aromatic rings. The van der Waals surface area contributed by atoms with Crippen LogP contribution >= 0.6 is 0 Å². The third-order valence-corrected chi connectivity index (χ3v) is 4.29. The van der Waals surface area contributed by atoms with Gasteiger partial charge in [-0.25, -0.2) is 4.79 Å². The fraction of sp³-hybridized carbons (Fsp3) is 0.933. The maximum Gasteiger partial charge on any atom is 0.407 e. The molecule has 0 aromatic carbocycles. The second-order valence-electron chi connectivity index (χ2n) is 5.74. The summed E-state index contributed by atoms with van der Waals surface area (Å²) in [6.45, 7) is 10.3. The number of aliphatic hydroxyl groups excluding tert-OH is 1. The van der Waals surface area contributed by atoms with Crippen molar-refractivity contribution in [1.29, 1.82) is 0 Å². The van der Waals surface area contributed by atoms with Crippen LogP contribution in [0.25, 0.3) is 0 Å². The summed E-state index contributed by atoms with van der Waals surface area (Å²) in [7, 11) is 0. The van der Waals surface area contributed by atoms with Crippen LogP contribution in [-0.4, -0.2) is 54.0 Å². The lowest BCUT2D eigenvalue weighted by Gasteiger charge is -2.42. The average Bonchev–Trinajstić information content (AvgIpc) is 2.45. The van der Waals surface area contributed by atoms with Gasteiger partial charge in [0, 0.05) is 25.2 Å². The lowest BCUT2D eigenvalue weighted by atomic mass is 9.87. The van der Waals surface area contributed by atoms with Crippen molar-refractivity contribution in [1.82, 2.24) is 10.2 Å². The molecule has 0 spiro atoms. The molecule has 5 heteroatoms. The molecule has 4 unspecified atom stereocenters. The summed E-state index contributed by atoms with van der Waals surface area (Å²) in [6, 6.07) is 0.524. The van der Waals surface area contributed by atoms with E-state index in [9.17, 15) is 9.90 Å². The number of nitrogens with zero attached hydrogens (tertiary/aromatic N) is 1. The predicted molar refractivity (Wildman–Crippen MR) is 79.7 cm³/mol. The number of alkyl carbamates (subject to hydrolysis) is 1. The Morgan fingerprint density at radius 2 is 2.05 bits per heavy atom. The van der Waals surface area contributed by atoms with Crippen molar-refractivity contribution in [3.63, 3.8) is 0 Å². The number of amides is 1. The van der Waals surface area contributed by atoms with Crippen LogP contribution < -0.4 is 5.32 Å². The zero-order valence-corrected chi connectivity index (χ0v) is 13.3. The first-order chi connectivity index (χ1) is 9.51. The second-order valence-corrected chi connectivity index (χ2v) is 5.74. The van der Waals surface area contributed by atoms with E-state index in [1.807, 2.05) is 6.92 Å². The van der Waals surface area contributed by atoms with Crippen molar-refractivity contribution in [3.8, 4) is 0 Å². The van der Waals surface area contributed by atoms with E-state index < -0.39 is 0 Å². The summed E-state index contributed by atoms with van der Waals surface area (Å²) in [5.74, 6) is 0.217. The highest BCUT2D eigenvalue weighted by molar-refractivity contribution is 5.67. The Morgan fingerprint density at radius 1 is 1.35 bits per heavy atom. The van der Waals surface area contributed by atoms with Crippen LogP contribution in [0.15, 0.2) is 0 Å². The summed E-state index contributed by atoms with van der Waals surface area (Å²) in [5.41, 5.74) is 0. The molecule has 0 aromatic heterocycles. The molecule has 118 valence electrons. The first kappa shape index (κ1) is 17.2. The number of piperidine rings is 1. The van der Waals surface area contributed by atoms with Crippen molar-refractivity contribution >= 4 is 6.09 Å². The van der Waals surface area contributed by atoms with Crippen LogP contribution in [-0.2, 0) is 4.74 Å². The van der Waals surface area contributed by atoms with Gasteiger partial charge in [0.15, 0.2) is 0 Å². The van der Waals surface area contributed by atoms with Crippen molar-refractivity contribution in [2.75, 3.05) is 19.7 Å². The van der Waals surface area contributed by atoms with E-state index in [1.165, 1.54) is 0 Å². The summed E-state index contributed by atoms with van der Waals surface area (Å²) < 4.78 is 4.96. The third kappa shape index (κ3) is 4.94. The van der Waals surface area contributed by atoms with Crippen LogP contribution in [0.4, 0.5) is 4.79 Å². The summed E-state index contributed by atoms with van der Waals surface area (Å²) in [4.78, 5) is 14.0. The highest BCUT2D eigenvalue weighted by atomic mass is 16.5. The highest BCUT2D eigenvalue weighted by Crippen LogP contribution is 2.24. The molecule has 1 fully saturated rings. The van der Waals surface area contributed by atoms with Gasteiger partial charge in [-0.1, -0.05) is 13.8 Å². The minimum absolute atomic E-state index is 0.0583. The molecule has 1 amide bonds. The Kier molecular flexibility index (Phi) is 7.30. The van der Waals surface area contributed by atoms with Crippen molar-refractivity contribution in [3.05, 3.63) is 0 Å². The van der Waals surface area contributed by atoms with Gasteiger partial charge in [0.1, 0.15) is 0 Å². The molecule has 0 bridgehead atoms. The molecule has 0 aliphatic carbocycles. The van der Waals surface area contributed by atoms with Crippen LogP contribution in [0.5, 0.6) is 0 Å². The minimum atomic E-state index is -0.353. The van der Waals surface area contributed by atoms with Crippen LogP contribution in [0.3, 0.4) is 0 Å². The zero-order valence-electron chi connectivity index (χ0n) is 13.3. The molecule has 4 atom stereocenters. The number of hydrogen-bond acceptors (Lipinski definition) is 4. The van der Waals surface area contributed by atoms with Gasteiger partial charge in [0.05, 0.1) is 12.7 Å². The van der Waals surface area contributed by atoms with E-state index in [4.69, 9.17) is 4.74 Å². The molecule has 0 saturated carbocycles. The van der Waals surface area contributed by atoms with Crippen LogP contribution in [0.1, 0.15) is 47.0 Å². The number of hydrogen-bond donors (Lipinski definition) is 2. The Balaban J connectivity index is 2.66. The summed E-state index contributed by atoms with van der Waals surface area (Å²) in [6.07, 6.45) is 1.99. The van der Waals surface area contributed by atoms with E-state index in [2.05, 4.69) is 24.1 Å². The first-order valence-corrected chi connectivity index (χ1v) is 7.87. The zero-order chi connectivity index (χ0) is 15.1. The number of rotatable bonds is 6. The van der Waals surface area contributed by atoms with Gasteiger partial charge in [-0.15, -0.1) is 0 Å². The molecule has 1 saturated heterocycles. The first-order valence-electron chi connectivity index (χ1n) is 7.87. The maximum atomic E-state index is 11.6. The minimum Gasteiger partial charge on any atom is -0.450 e. The van der Waals surface area contributed by atoms with Gasteiger partial charge < -0.3 is 15.2 Å². The SMILES string of the molecule is CCOC(=O)NC1CC(C(O)CC)CN(C(C)CC)C1. The number of nitrogens with one attached hydrogen (secondary N) is 1. The van der Waals surface area contributed by atoms with Gasteiger partial charge in [0.25, 0.3) is 0 Å². The van der Waals surface area contributed by atoms with Gasteiger partial charge in [0.2, 0.25) is 0 Å². The molecule has 20 heavy (non-hydrogen) atoms. The van der Waals surface area contributed by atoms with E-state index in [0.717, 1.165) is 32.4 Å². The molecule has 0 radical (unpaired) electrons. The fourth-order valence-electron chi connectivity index (χ4n) is 2.85. The normalized spacial score (nSPS) is 26.9.